The number of benzene rings is 3. The maximum atomic E-state index is 13.9. The molecular weight excluding hydrogens is 682 g/mol. The van der Waals surface area contributed by atoms with Crippen LogP contribution in [0.4, 0.5) is 16.2 Å². The summed E-state index contributed by atoms with van der Waals surface area (Å²) in [4.78, 5) is 63.1. The summed E-state index contributed by atoms with van der Waals surface area (Å²) in [5.41, 5.74) is 13.2. The minimum atomic E-state index is -0.606. The Balaban J connectivity index is 1.72. The van der Waals surface area contributed by atoms with E-state index in [0.717, 1.165) is 5.56 Å². The monoisotopic (exact) mass is 731 g/mol. The molecule has 0 spiro atoms. The number of hydrogen-bond acceptors (Lipinski definition) is 11. The number of nitrogens with two attached hydrogens (primary N) is 2. The molecule has 0 fully saturated rings. The van der Waals surface area contributed by atoms with Crippen LogP contribution in [0.25, 0.3) is 0 Å². The molecule has 14 heteroatoms. The SMILES string of the molecule is COc1c(C(=O)c2ccccc2OCCCNC(=O)OC(C)(C)C)ccc(C(=O)N(C)c2ccc(C)cc2OCCCCC(=C=O)NCC(N)=O)c1N. The molecular formula is C39H49N5O9. The summed E-state index contributed by atoms with van der Waals surface area (Å²) in [6.07, 6.45) is 1.47. The van der Waals surface area contributed by atoms with Crippen molar-refractivity contribution in [2.24, 2.45) is 5.73 Å². The zero-order valence-corrected chi connectivity index (χ0v) is 31.1. The highest BCUT2D eigenvalue weighted by atomic mass is 16.6. The Kier molecular flexibility index (Phi) is 15.3. The van der Waals surface area contributed by atoms with Crippen LogP contribution >= 0.6 is 0 Å². The molecule has 0 heterocycles. The number of allylic oxidation sites excluding steroid dienone is 1. The minimum Gasteiger partial charge on any atom is -0.494 e. The molecule has 6 N–H and O–H groups in total. The first-order valence-electron chi connectivity index (χ1n) is 17.1. The van der Waals surface area contributed by atoms with E-state index in [2.05, 4.69) is 10.6 Å². The topological polar surface area (TPSA) is 202 Å². The zero-order valence-electron chi connectivity index (χ0n) is 31.1. The number of hydrogen-bond donors (Lipinski definition) is 4. The minimum absolute atomic E-state index is 0.0135. The Morgan fingerprint density at radius 2 is 1.55 bits per heavy atom. The zero-order chi connectivity index (χ0) is 39.1. The molecule has 284 valence electrons. The van der Waals surface area contributed by atoms with E-state index in [1.807, 2.05) is 19.1 Å². The summed E-state index contributed by atoms with van der Waals surface area (Å²) in [5, 5.41) is 5.34. The number of nitrogen functional groups attached to an aromatic ring is 1. The van der Waals surface area contributed by atoms with Crippen molar-refractivity contribution < 1.29 is 42.9 Å². The van der Waals surface area contributed by atoms with Crippen LogP contribution in [-0.4, -0.2) is 75.7 Å². The number of ketones is 1. The van der Waals surface area contributed by atoms with Crippen LogP contribution in [0.5, 0.6) is 17.2 Å². The van der Waals surface area contributed by atoms with Crippen LogP contribution in [0, 0.1) is 6.92 Å². The second-order valence-corrected chi connectivity index (χ2v) is 13.1. The van der Waals surface area contributed by atoms with E-state index in [4.69, 9.17) is 30.4 Å². The van der Waals surface area contributed by atoms with E-state index in [1.165, 1.54) is 24.1 Å². The predicted molar refractivity (Wildman–Crippen MR) is 201 cm³/mol. The van der Waals surface area contributed by atoms with Crippen molar-refractivity contribution in [3.8, 4) is 17.2 Å². The number of methoxy groups -OCH3 is 1. The van der Waals surface area contributed by atoms with Crippen LogP contribution in [0.1, 0.15) is 78.3 Å². The highest BCUT2D eigenvalue weighted by Gasteiger charge is 2.26. The lowest BCUT2D eigenvalue weighted by atomic mass is 9.98. The summed E-state index contributed by atoms with van der Waals surface area (Å²) in [6, 6.07) is 15.1. The van der Waals surface area contributed by atoms with Gasteiger partial charge in [0.2, 0.25) is 11.7 Å². The fourth-order valence-corrected chi connectivity index (χ4v) is 5.13. The standard InChI is InChI=1S/C39H49N5O9/c1-25-15-18-30(32(22-25)52-20-10-9-12-26(24-45)43-23-33(40)46)44(5)37(48)28-16-17-29(36(50-6)34(28)41)35(47)27-13-7-8-14-31(27)51-21-11-19-42-38(49)53-39(2,3)4/h7-8,13-18,22,43H,9-12,19-21,23,41H2,1-6H3,(H2,40,46)(H,42,49). The largest absolute Gasteiger partial charge is 0.494 e. The smallest absolute Gasteiger partial charge is 0.407 e. The first kappa shape index (κ1) is 41.4. The molecule has 3 rings (SSSR count). The fraction of sp³-hybridized carbons (Fsp3) is 0.385. The molecule has 0 aliphatic carbocycles. The Labute approximate surface area is 309 Å². The fourth-order valence-electron chi connectivity index (χ4n) is 5.13. The third-order valence-corrected chi connectivity index (χ3v) is 7.71. The van der Waals surface area contributed by atoms with E-state index >= 15 is 0 Å². The average Bonchev–Trinajstić information content (AvgIpc) is 3.11. The van der Waals surface area contributed by atoms with E-state index in [9.17, 15) is 24.0 Å². The number of primary amides is 1. The molecule has 14 nitrogen and oxygen atoms in total. The van der Waals surface area contributed by atoms with Crippen LogP contribution in [0.3, 0.4) is 0 Å². The first-order valence-corrected chi connectivity index (χ1v) is 17.1. The Hall–Kier alpha value is -6.01. The number of nitrogens with one attached hydrogen (secondary N) is 2. The number of ether oxygens (including phenoxy) is 4. The predicted octanol–water partition coefficient (Wildman–Crippen LogP) is 4.73. The number of unbranched alkanes of at least 4 members (excludes halogenated alkanes) is 1. The number of amides is 3. The molecule has 3 amide bonds. The van der Waals surface area contributed by atoms with Crippen molar-refractivity contribution in [2.75, 3.05) is 51.1 Å². The van der Waals surface area contributed by atoms with Crippen molar-refractivity contribution in [3.05, 3.63) is 82.5 Å². The molecule has 0 atom stereocenters. The third-order valence-electron chi connectivity index (χ3n) is 7.71. The summed E-state index contributed by atoms with van der Waals surface area (Å²) in [7, 11) is 2.96. The number of carbonyl (C=O) groups is 4. The maximum absolute atomic E-state index is 13.9. The second-order valence-electron chi connectivity index (χ2n) is 13.1. The first-order chi connectivity index (χ1) is 25.2. The molecule has 0 saturated heterocycles. The van der Waals surface area contributed by atoms with Gasteiger partial charge in [0, 0.05) is 13.6 Å². The maximum Gasteiger partial charge on any atom is 0.407 e. The van der Waals surface area contributed by atoms with Crippen molar-refractivity contribution in [1.82, 2.24) is 10.6 Å². The number of anilines is 2. The van der Waals surface area contributed by atoms with Gasteiger partial charge in [0.05, 0.1) is 60.6 Å². The summed E-state index contributed by atoms with van der Waals surface area (Å²) in [6.45, 7) is 7.92. The van der Waals surface area contributed by atoms with Crippen molar-refractivity contribution in [2.45, 2.75) is 59.0 Å². The molecule has 53 heavy (non-hydrogen) atoms. The van der Waals surface area contributed by atoms with Gasteiger partial charge in [-0.2, -0.15) is 0 Å². The van der Waals surface area contributed by atoms with Crippen molar-refractivity contribution in [1.29, 1.82) is 0 Å². The lowest BCUT2D eigenvalue weighted by Crippen LogP contribution is -2.33. The van der Waals surface area contributed by atoms with Gasteiger partial charge in [-0.05, 0) is 95.3 Å². The van der Waals surface area contributed by atoms with Gasteiger partial charge < -0.3 is 45.9 Å². The van der Waals surface area contributed by atoms with Gasteiger partial charge in [0.1, 0.15) is 23.0 Å². The average molecular weight is 732 g/mol. The summed E-state index contributed by atoms with van der Waals surface area (Å²) >= 11 is 0. The lowest BCUT2D eigenvalue weighted by molar-refractivity contribution is -0.117. The second kappa shape index (κ2) is 19.6. The Morgan fingerprint density at radius 1 is 0.868 bits per heavy atom. The highest BCUT2D eigenvalue weighted by Crippen LogP contribution is 2.36. The van der Waals surface area contributed by atoms with Gasteiger partial charge in [-0.15, -0.1) is 0 Å². The number of carbonyl (C=O) groups excluding carboxylic acids is 5. The van der Waals surface area contributed by atoms with E-state index in [-0.39, 0.29) is 47.0 Å². The molecule has 0 unspecified atom stereocenters. The molecule has 0 radical (unpaired) electrons. The number of para-hydroxylation sites is 1. The van der Waals surface area contributed by atoms with Crippen molar-refractivity contribution in [3.63, 3.8) is 0 Å². The molecule has 0 aliphatic heterocycles. The van der Waals surface area contributed by atoms with Gasteiger partial charge >= 0.3 is 6.09 Å². The Bertz CT molecular complexity index is 1830. The molecule has 0 bridgehead atoms. The Morgan fingerprint density at radius 3 is 2.23 bits per heavy atom. The quantitative estimate of drug-likeness (QED) is 0.0575. The van der Waals surface area contributed by atoms with Crippen LogP contribution < -0.4 is 41.2 Å². The van der Waals surface area contributed by atoms with Crippen LogP contribution in [0.15, 0.2) is 60.3 Å². The van der Waals surface area contributed by atoms with E-state index < -0.39 is 29.3 Å². The third kappa shape index (κ3) is 12.3. The summed E-state index contributed by atoms with van der Waals surface area (Å²) < 4.78 is 22.8. The van der Waals surface area contributed by atoms with E-state index in [0.29, 0.717) is 56.0 Å². The van der Waals surface area contributed by atoms with Crippen LogP contribution in [0.2, 0.25) is 0 Å². The van der Waals surface area contributed by atoms with Gasteiger partial charge in [0.25, 0.3) is 5.91 Å². The molecule has 0 aliphatic rings. The van der Waals surface area contributed by atoms with Gasteiger partial charge in [0.15, 0.2) is 5.75 Å². The molecule has 3 aromatic carbocycles. The molecule has 0 aromatic heterocycles. The number of alkyl carbamates (subject to hydrolysis) is 1. The summed E-state index contributed by atoms with van der Waals surface area (Å²) in [5.74, 6) is 1.17. The van der Waals surface area contributed by atoms with Crippen molar-refractivity contribution >= 4 is 41.0 Å². The number of rotatable bonds is 19. The molecule has 0 saturated carbocycles. The number of aryl methyl sites for hydroxylation is 1. The van der Waals surface area contributed by atoms with Gasteiger partial charge in [-0.1, -0.05) is 18.2 Å². The van der Waals surface area contributed by atoms with Crippen LogP contribution in [-0.2, 0) is 14.3 Å². The normalized spacial score (nSPS) is 10.8. The molecule has 3 aromatic rings. The van der Waals surface area contributed by atoms with Gasteiger partial charge in [-0.3, -0.25) is 14.4 Å². The van der Waals surface area contributed by atoms with Gasteiger partial charge in [-0.25, -0.2) is 9.59 Å². The number of nitrogens with zero attached hydrogens (tertiary/aromatic N) is 1. The lowest BCUT2D eigenvalue weighted by Gasteiger charge is -2.23. The highest BCUT2D eigenvalue weighted by molar-refractivity contribution is 6.16. The van der Waals surface area contributed by atoms with E-state index in [1.54, 1.807) is 64.1 Å².